The van der Waals surface area contributed by atoms with Gasteiger partial charge in [-0.05, 0) is 104 Å². The van der Waals surface area contributed by atoms with Gasteiger partial charge in [-0.15, -0.1) is 0 Å². The number of aliphatic hydroxyl groups excluding tert-OH is 17. The van der Waals surface area contributed by atoms with Gasteiger partial charge in [-0.1, -0.05) is 46.3 Å². The van der Waals surface area contributed by atoms with E-state index in [1.54, 1.807) is 6.92 Å². The monoisotopic (exact) mass is 1340 g/mol. The fourth-order valence-corrected chi connectivity index (χ4v) is 18.0. The number of fused-ring (bicyclic) bond motifs is 7. The third-order valence-corrected chi connectivity index (χ3v) is 24.0. The topological polar surface area (TPSA) is 489 Å². The Morgan fingerprint density at radius 3 is 1.87 bits per heavy atom. The maximum atomic E-state index is 14.3. The first-order valence-corrected chi connectivity index (χ1v) is 32.5. The van der Waals surface area contributed by atoms with Crippen molar-refractivity contribution in [3.63, 3.8) is 0 Å². The molecule has 34 atom stereocenters. The number of aliphatic hydroxyl groups is 17. The van der Waals surface area contributed by atoms with Gasteiger partial charge in [0.25, 0.3) is 0 Å². The zero-order valence-electron chi connectivity index (χ0n) is 53.5. The van der Waals surface area contributed by atoms with E-state index in [2.05, 4.69) is 45.4 Å². The van der Waals surface area contributed by atoms with Gasteiger partial charge < -0.3 is 144 Å². The van der Waals surface area contributed by atoms with Gasteiger partial charge in [0.2, 0.25) is 0 Å². The third-order valence-electron chi connectivity index (χ3n) is 24.0. The molecular weight excluding hydrogens is 1240 g/mol. The molecule has 0 aromatic rings. The maximum Gasteiger partial charge on any atom is 0.337 e. The van der Waals surface area contributed by atoms with Crippen molar-refractivity contribution in [2.45, 2.75) is 259 Å². The van der Waals surface area contributed by atoms with Crippen LogP contribution in [0.5, 0.6) is 0 Å². The van der Waals surface area contributed by atoms with Gasteiger partial charge in [-0.3, -0.25) is 4.79 Å². The van der Waals surface area contributed by atoms with Crippen LogP contribution in [-0.2, 0) is 66.4 Å². The number of methoxy groups -OCH3 is 1. The van der Waals surface area contributed by atoms with Gasteiger partial charge in [-0.25, -0.2) is 4.79 Å². The molecule has 93 heavy (non-hydrogen) atoms. The molecule has 0 spiro atoms. The lowest BCUT2D eigenvalue weighted by Crippen LogP contribution is -2.68. The van der Waals surface area contributed by atoms with Crippen molar-refractivity contribution in [3.05, 3.63) is 11.6 Å². The summed E-state index contributed by atoms with van der Waals surface area (Å²) < 4.78 is 69.9. The van der Waals surface area contributed by atoms with E-state index in [-0.39, 0.29) is 43.1 Å². The van der Waals surface area contributed by atoms with Crippen molar-refractivity contribution in [1.29, 1.82) is 0 Å². The number of carbonyl (C=O) groups is 2. The summed E-state index contributed by atoms with van der Waals surface area (Å²) in [6.45, 7) is 8.65. The molecule has 0 aromatic heterocycles. The Bertz CT molecular complexity index is 2600. The van der Waals surface area contributed by atoms with Crippen LogP contribution in [0, 0.1) is 50.2 Å². The first kappa shape index (κ1) is 73.3. The van der Waals surface area contributed by atoms with E-state index in [1.165, 1.54) is 0 Å². The Hall–Kier alpha value is -2.40. The lowest BCUT2D eigenvalue weighted by atomic mass is 9.33. The van der Waals surface area contributed by atoms with Gasteiger partial charge >= 0.3 is 11.9 Å². The molecule has 5 heterocycles. The number of allylic oxidation sites excluding steroid dienone is 2. The van der Waals surface area contributed by atoms with Crippen LogP contribution in [0.25, 0.3) is 0 Å². The molecule has 31 heteroatoms. The Kier molecular flexibility index (Phi) is 22.0. The molecule has 534 valence electrons. The molecular formula is C62H100O31. The van der Waals surface area contributed by atoms with E-state index >= 15 is 0 Å². The largest absolute Gasteiger partial charge is 0.467 e. The molecule has 9 fully saturated rings. The first-order valence-electron chi connectivity index (χ1n) is 32.5. The second-order valence-corrected chi connectivity index (χ2v) is 29.4. The van der Waals surface area contributed by atoms with Gasteiger partial charge in [0.05, 0.1) is 64.4 Å². The second kappa shape index (κ2) is 28.0. The van der Waals surface area contributed by atoms with Gasteiger partial charge in [0, 0.05) is 5.41 Å². The molecule has 10 rings (SSSR count). The summed E-state index contributed by atoms with van der Waals surface area (Å²) in [5.74, 6) is -2.10. The van der Waals surface area contributed by atoms with Crippen LogP contribution in [0.2, 0.25) is 0 Å². The van der Waals surface area contributed by atoms with Crippen molar-refractivity contribution in [1.82, 2.24) is 0 Å². The average Bonchev–Trinajstić information content (AvgIpc) is 0.675. The SMILES string of the molecule is COC(=O)[C@H]1O[C@H](OCC(O)COC(=O)[C@@]2(C)CC[C@]3(CO)[C@H](O)C[C@]4(C)C(=CCC5[C@@]6(C)CC[C@H](O[C@@H]7OC[C@H](O[C@@H]8O[C@H](CO)[C@@H](O)[C@H](O)[C@H]8O[C@@H]8OC[C@@H](O)[C@H](O)[C@H]8O)[C@H](O)[C@H]7O[C@@H]7O[C@H](CO)[C@@H](O)[C@H](O)[C@H]7O)C(C)(C)C6CC[C@]54C)[C@@H]3C2)[C@H](O)[C@@H](O)[C@@H]1O. The number of hydrogen-bond donors (Lipinski definition) is 17. The summed E-state index contributed by atoms with van der Waals surface area (Å²) in [7, 11) is 1.04. The lowest BCUT2D eigenvalue weighted by molar-refractivity contribution is -0.392. The number of hydrogen-bond acceptors (Lipinski definition) is 31. The molecule has 17 N–H and O–H groups in total. The number of esters is 2. The predicted molar refractivity (Wildman–Crippen MR) is 308 cm³/mol. The summed E-state index contributed by atoms with van der Waals surface area (Å²) in [5.41, 5.74) is -3.15. The molecule has 3 unspecified atom stereocenters. The molecule has 5 aliphatic heterocycles. The summed E-state index contributed by atoms with van der Waals surface area (Å²) in [6.07, 6.45) is -36.3. The van der Waals surface area contributed by atoms with Crippen LogP contribution in [0.4, 0.5) is 0 Å². The fourth-order valence-electron chi connectivity index (χ4n) is 18.0. The third kappa shape index (κ3) is 12.8. The Labute approximate surface area is 537 Å². The number of carbonyl (C=O) groups excluding carboxylic acids is 2. The standard InChI is InChI=1S/C62H100O31/c1-57(2)32-10-13-60(5)33(9-8-26-27-16-58(3,14-15-62(27,24-65)34(68)17-61(26,60)6)56(81)86-21-25(66)20-83-52-45(78)41(74)43(76)47(91-52)50(80)82-7)59(32,4)12-11-35(57)90-54-48(93-53-46(79)40(73)37(70)29(18-63)87-53)39(72)31(23-85-54)89-55-49(42(75)38(71)30(19-64)88-55)92-51-44(77)36(69)28(67)22-84-51/h8,25,27-49,51-55,63-79H,9-24H2,1-7H3/t25?,27-,28+,29+,30+,31-,32?,33?,34+,35-,36-,37+,38+,39-,40-,41-,42-,43-,44+,45+,46+,47-,48+,49+,51-,52-,53-,54-,55-,58-,59-,60+,61+,62+/m0/s1. The molecule has 0 amide bonds. The molecule has 5 saturated heterocycles. The minimum absolute atomic E-state index is 0.0254. The summed E-state index contributed by atoms with van der Waals surface area (Å²) in [6, 6.07) is 0. The van der Waals surface area contributed by atoms with E-state index in [0.717, 1.165) is 12.7 Å². The van der Waals surface area contributed by atoms with E-state index in [4.69, 9.17) is 52.1 Å². The van der Waals surface area contributed by atoms with Crippen molar-refractivity contribution in [2.24, 2.45) is 50.2 Å². The minimum atomic E-state index is -1.95. The minimum Gasteiger partial charge on any atom is -0.467 e. The van der Waals surface area contributed by atoms with E-state index in [9.17, 15) is 96.4 Å². The summed E-state index contributed by atoms with van der Waals surface area (Å²) >= 11 is 0. The molecule has 10 aliphatic rings. The zero-order valence-corrected chi connectivity index (χ0v) is 53.5. The van der Waals surface area contributed by atoms with Crippen molar-refractivity contribution in [2.75, 3.05) is 53.4 Å². The van der Waals surface area contributed by atoms with Crippen LogP contribution in [0.3, 0.4) is 0 Å². The first-order chi connectivity index (χ1) is 43.7. The van der Waals surface area contributed by atoms with Crippen molar-refractivity contribution < 1.29 is 153 Å². The molecule has 4 saturated carbocycles. The second-order valence-electron chi connectivity index (χ2n) is 29.4. The van der Waals surface area contributed by atoms with Crippen LogP contribution >= 0.6 is 0 Å². The summed E-state index contributed by atoms with van der Waals surface area (Å²) in [5, 5.41) is 185. The highest BCUT2D eigenvalue weighted by atomic mass is 16.8. The number of rotatable bonds is 18. The normalized spacial score (nSPS) is 51.8. The van der Waals surface area contributed by atoms with Crippen LogP contribution in [-0.4, -0.2) is 312 Å². The smallest absolute Gasteiger partial charge is 0.337 e. The number of ether oxygens (including phenoxy) is 12. The highest BCUT2D eigenvalue weighted by Gasteiger charge is 2.71. The Morgan fingerprint density at radius 1 is 0.591 bits per heavy atom. The van der Waals surface area contributed by atoms with Crippen LogP contribution < -0.4 is 0 Å². The van der Waals surface area contributed by atoms with E-state index in [0.29, 0.717) is 38.5 Å². The summed E-state index contributed by atoms with van der Waals surface area (Å²) in [4.78, 5) is 26.4. The van der Waals surface area contributed by atoms with E-state index in [1.807, 2.05) is 0 Å². The zero-order chi connectivity index (χ0) is 68.0. The molecule has 0 radical (unpaired) electrons. The molecule has 0 bridgehead atoms. The highest BCUT2D eigenvalue weighted by molar-refractivity contribution is 5.77. The molecule has 31 nitrogen and oxygen atoms in total. The highest BCUT2D eigenvalue weighted by Crippen LogP contribution is 2.76. The quantitative estimate of drug-likeness (QED) is 0.0346. The average molecular weight is 1340 g/mol. The molecule has 5 aliphatic carbocycles. The lowest BCUT2D eigenvalue weighted by Gasteiger charge is -2.72. The van der Waals surface area contributed by atoms with Gasteiger partial charge in [-0.2, -0.15) is 0 Å². The van der Waals surface area contributed by atoms with Crippen LogP contribution in [0.1, 0.15) is 99.3 Å². The Balaban J connectivity index is 0.850. The van der Waals surface area contributed by atoms with Crippen molar-refractivity contribution >= 4 is 11.9 Å². The fraction of sp³-hybridized carbons (Fsp3) is 0.935. The molecule has 0 aromatic carbocycles. The van der Waals surface area contributed by atoms with Crippen molar-refractivity contribution in [3.8, 4) is 0 Å². The van der Waals surface area contributed by atoms with Gasteiger partial charge in [0.1, 0.15) is 116 Å². The Morgan fingerprint density at radius 2 is 1.20 bits per heavy atom. The van der Waals surface area contributed by atoms with Crippen LogP contribution in [0.15, 0.2) is 11.6 Å². The van der Waals surface area contributed by atoms with Gasteiger partial charge in [0.15, 0.2) is 37.6 Å². The predicted octanol–water partition coefficient (Wildman–Crippen LogP) is -5.43. The van der Waals surface area contributed by atoms with E-state index < -0.39 is 244 Å². The maximum absolute atomic E-state index is 14.3.